The van der Waals surface area contributed by atoms with Crippen LogP contribution in [0.15, 0.2) is 43.0 Å². The van der Waals surface area contributed by atoms with Crippen LogP contribution in [0.4, 0.5) is 5.95 Å². The first-order valence-electron chi connectivity index (χ1n) is 10.0. The molecule has 156 valence electrons. The second kappa shape index (κ2) is 8.79. The second-order valence-corrected chi connectivity index (χ2v) is 8.02. The van der Waals surface area contributed by atoms with Crippen molar-refractivity contribution in [1.29, 1.82) is 0 Å². The summed E-state index contributed by atoms with van der Waals surface area (Å²) < 4.78 is 0. The number of aromatic nitrogens is 5. The van der Waals surface area contributed by atoms with E-state index in [9.17, 15) is 4.79 Å². The minimum atomic E-state index is -0.00391. The van der Waals surface area contributed by atoms with Crippen LogP contribution >= 0.6 is 11.6 Å². The van der Waals surface area contributed by atoms with Gasteiger partial charge in [0.05, 0.1) is 47.1 Å². The highest BCUT2D eigenvalue weighted by atomic mass is 35.5. The van der Waals surface area contributed by atoms with E-state index < -0.39 is 0 Å². The van der Waals surface area contributed by atoms with Gasteiger partial charge in [-0.15, -0.1) is 0 Å². The molecule has 0 unspecified atom stereocenters. The van der Waals surface area contributed by atoms with Crippen LogP contribution in [-0.4, -0.2) is 54.9 Å². The quantitative estimate of drug-likeness (QED) is 0.674. The molecule has 1 fully saturated rings. The van der Waals surface area contributed by atoms with Crippen molar-refractivity contribution in [2.45, 2.75) is 32.7 Å². The summed E-state index contributed by atoms with van der Waals surface area (Å²) >= 11 is 5.87. The van der Waals surface area contributed by atoms with Gasteiger partial charge in [-0.05, 0) is 37.3 Å². The highest BCUT2D eigenvalue weighted by molar-refractivity contribution is 6.30. The van der Waals surface area contributed by atoms with Gasteiger partial charge in [0.25, 0.3) is 5.91 Å². The Morgan fingerprint density at radius 3 is 2.70 bits per heavy atom. The summed E-state index contributed by atoms with van der Waals surface area (Å²) in [5, 5.41) is 12.2. The zero-order valence-electron chi connectivity index (χ0n) is 17.0. The third-order valence-electron chi connectivity index (χ3n) is 5.57. The Balaban J connectivity index is 1.61. The molecule has 30 heavy (non-hydrogen) atoms. The van der Waals surface area contributed by atoms with Crippen LogP contribution in [0, 0.1) is 12.8 Å². The maximum absolute atomic E-state index is 13.7. The minimum absolute atomic E-state index is 0.00391. The average molecular weight is 426 g/mol. The van der Waals surface area contributed by atoms with E-state index in [-0.39, 0.29) is 11.9 Å². The lowest BCUT2D eigenvalue weighted by Crippen LogP contribution is -2.51. The van der Waals surface area contributed by atoms with Gasteiger partial charge in [-0.25, -0.2) is 9.97 Å². The maximum atomic E-state index is 13.7. The molecular weight excluding hydrogens is 402 g/mol. The summed E-state index contributed by atoms with van der Waals surface area (Å²) in [6.45, 7) is 5.40. The van der Waals surface area contributed by atoms with Gasteiger partial charge >= 0.3 is 0 Å². The van der Waals surface area contributed by atoms with Crippen LogP contribution < -0.4 is 5.32 Å². The van der Waals surface area contributed by atoms with Gasteiger partial charge in [-0.2, -0.15) is 15.0 Å². The fraction of sp³-hybridized carbons (Fsp3) is 0.381. The number of nitrogens with zero attached hydrogens (tertiary/aromatic N) is 6. The molecule has 0 spiro atoms. The molecule has 2 atom stereocenters. The normalized spacial score (nSPS) is 19.0. The van der Waals surface area contributed by atoms with Crippen LogP contribution in [0.1, 0.15) is 35.7 Å². The molecule has 3 aromatic rings. The predicted molar refractivity (Wildman–Crippen MR) is 115 cm³/mol. The fourth-order valence-corrected chi connectivity index (χ4v) is 4.09. The maximum Gasteiger partial charge on any atom is 0.256 e. The number of anilines is 1. The molecule has 0 saturated carbocycles. The largest absolute Gasteiger partial charge is 0.352 e. The van der Waals surface area contributed by atoms with E-state index in [2.05, 4.69) is 32.4 Å². The Hall–Kier alpha value is -3.00. The molecule has 1 N–H and O–H groups in total. The smallest absolute Gasteiger partial charge is 0.256 e. The van der Waals surface area contributed by atoms with Crippen molar-refractivity contribution < 1.29 is 4.79 Å². The molecule has 9 heteroatoms. The van der Waals surface area contributed by atoms with Crippen LogP contribution in [0.5, 0.6) is 0 Å². The summed E-state index contributed by atoms with van der Waals surface area (Å²) in [5.74, 6) is 0.843. The van der Waals surface area contributed by atoms with Crippen LogP contribution in [-0.2, 0) is 0 Å². The molecule has 0 radical (unpaired) electrons. The summed E-state index contributed by atoms with van der Waals surface area (Å²) in [4.78, 5) is 25.6. The Bertz CT molecular complexity index is 1010. The monoisotopic (exact) mass is 425 g/mol. The number of amides is 1. The van der Waals surface area contributed by atoms with E-state index in [4.69, 9.17) is 11.6 Å². The van der Waals surface area contributed by atoms with Gasteiger partial charge in [0.15, 0.2) is 0 Å². The Labute approximate surface area is 180 Å². The zero-order valence-corrected chi connectivity index (χ0v) is 17.8. The average Bonchev–Trinajstić information content (AvgIpc) is 3.28. The van der Waals surface area contributed by atoms with Gasteiger partial charge in [-0.3, -0.25) is 4.79 Å². The van der Waals surface area contributed by atoms with Crippen molar-refractivity contribution in [1.82, 2.24) is 29.9 Å². The summed E-state index contributed by atoms with van der Waals surface area (Å²) in [7, 11) is 0. The minimum Gasteiger partial charge on any atom is -0.352 e. The first-order chi connectivity index (χ1) is 14.5. The lowest BCUT2D eigenvalue weighted by Gasteiger charge is -2.40. The van der Waals surface area contributed by atoms with E-state index in [1.54, 1.807) is 24.8 Å². The third-order valence-corrected chi connectivity index (χ3v) is 5.76. The van der Waals surface area contributed by atoms with Crippen molar-refractivity contribution in [3.05, 3.63) is 59.1 Å². The Morgan fingerprint density at radius 1 is 1.23 bits per heavy atom. The molecule has 1 amide bonds. The van der Waals surface area contributed by atoms with Crippen molar-refractivity contribution in [2.24, 2.45) is 5.92 Å². The molecule has 1 saturated heterocycles. The number of hydrogen-bond donors (Lipinski definition) is 1. The van der Waals surface area contributed by atoms with Gasteiger partial charge in [0.2, 0.25) is 5.95 Å². The first-order valence-corrected chi connectivity index (χ1v) is 10.4. The summed E-state index contributed by atoms with van der Waals surface area (Å²) in [5.41, 5.74) is 2.23. The second-order valence-electron chi connectivity index (χ2n) is 7.58. The van der Waals surface area contributed by atoms with Crippen molar-refractivity contribution in [3.63, 3.8) is 0 Å². The van der Waals surface area contributed by atoms with Gasteiger partial charge < -0.3 is 10.2 Å². The molecule has 8 nitrogen and oxygen atoms in total. The molecule has 1 aliphatic rings. The van der Waals surface area contributed by atoms with E-state index in [0.29, 0.717) is 41.2 Å². The number of nitrogens with one attached hydrogen (secondary N) is 1. The van der Waals surface area contributed by atoms with E-state index >= 15 is 0 Å². The van der Waals surface area contributed by atoms with E-state index in [1.165, 1.54) is 4.80 Å². The summed E-state index contributed by atoms with van der Waals surface area (Å²) in [6.07, 6.45) is 8.37. The molecule has 3 heterocycles. The number of halogens is 1. The van der Waals surface area contributed by atoms with Crippen molar-refractivity contribution in [2.75, 3.05) is 18.4 Å². The van der Waals surface area contributed by atoms with Crippen molar-refractivity contribution >= 4 is 23.5 Å². The lowest BCUT2D eigenvalue weighted by molar-refractivity contribution is 0.0539. The number of rotatable bonds is 5. The van der Waals surface area contributed by atoms with E-state index in [1.807, 2.05) is 30.0 Å². The molecule has 0 aliphatic carbocycles. The van der Waals surface area contributed by atoms with Gasteiger partial charge in [-0.1, -0.05) is 30.7 Å². The number of carbonyl (C=O) groups excluding carboxylic acids is 1. The predicted octanol–water partition coefficient (Wildman–Crippen LogP) is 3.37. The Kier molecular flexibility index (Phi) is 5.94. The number of benzene rings is 1. The standard InChI is InChI=1S/C21H24ClN7O/c1-14-6-4-10-28(18(14)13-25-21-23-11-16(22)12-24-21)20(30)19-15(2)5-3-7-17(19)29-26-8-9-27-29/h3,5,7-9,11-12,14,18H,4,6,10,13H2,1-2H3,(H,23,24,25)/t14-,18-/m1/s1. The first kappa shape index (κ1) is 20.3. The Morgan fingerprint density at radius 2 is 1.97 bits per heavy atom. The van der Waals surface area contributed by atoms with Gasteiger partial charge in [0.1, 0.15) is 0 Å². The zero-order chi connectivity index (χ0) is 21.1. The molecule has 4 rings (SSSR count). The number of carbonyl (C=O) groups is 1. The molecular formula is C21H24ClN7O. The SMILES string of the molecule is Cc1cccc(-n2nccn2)c1C(=O)N1CCC[C@@H](C)[C@H]1CNc1ncc(Cl)cn1. The van der Waals surface area contributed by atoms with Crippen LogP contribution in [0.2, 0.25) is 5.02 Å². The van der Waals surface area contributed by atoms with Crippen LogP contribution in [0.3, 0.4) is 0 Å². The lowest BCUT2D eigenvalue weighted by atomic mass is 9.89. The van der Waals surface area contributed by atoms with E-state index in [0.717, 1.165) is 18.4 Å². The highest BCUT2D eigenvalue weighted by Crippen LogP contribution is 2.28. The third kappa shape index (κ3) is 4.14. The molecule has 2 aromatic heterocycles. The van der Waals surface area contributed by atoms with Crippen molar-refractivity contribution in [3.8, 4) is 5.69 Å². The number of hydrogen-bond acceptors (Lipinski definition) is 6. The highest BCUT2D eigenvalue weighted by Gasteiger charge is 2.34. The topological polar surface area (TPSA) is 88.8 Å². The number of piperidine rings is 1. The number of likely N-dealkylation sites (tertiary alicyclic amines) is 1. The van der Waals surface area contributed by atoms with Gasteiger partial charge in [0, 0.05) is 13.1 Å². The fourth-order valence-electron chi connectivity index (χ4n) is 3.99. The van der Waals surface area contributed by atoms with Crippen LogP contribution in [0.25, 0.3) is 5.69 Å². The number of aryl methyl sites for hydroxylation is 1. The molecule has 1 aliphatic heterocycles. The molecule has 1 aromatic carbocycles. The molecule has 0 bridgehead atoms. The summed E-state index contributed by atoms with van der Waals surface area (Å²) in [6, 6.07) is 5.76.